The third-order valence-electron chi connectivity index (χ3n) is 30.3. The maximum Gasteiger partial charge on any atom is 0.317 e. The van der Waals surface area contributed by atoms with E-state index in [-0.39, 0.29) is 82.4 Å². The van der Waals surface area contributed by atoms with E-state index in [1.54, 1.807) is 73.6 Å². The van der Waals surface area contributed by atoms with Crippen LogP contribution in [0.25, 0.3) is 0 Å². The fourth-order valence-electron chi connectivity index (χ4n) is 23.0. The molecule has 94 heavy (non-hydrogen) atoms. The Hall–Kier alpha value is -4.17. The van der Waals surface area contributed by atoms with Gasteiger partial charge in [-0.1, -0.05) is 103 Å². The zero-order valence-electron chi connectivity index (χ0n) is 60.5. The number of methoxy groups -OCH3 is 1. The van der Waals surface area contributed by atoms with E-state index in [4.69, 9.17) is 14.2 Å². The van der Waals surface area contributed by atoms with Crippen LogP contribution in [0.1, 0.15) is 245 Å². The number of fused-ring (bicyclic) bond motifs is 6. The first-order valence-electron chi connectivity index (χ1n) is 38.2. The first kappa shape index (κ1) is 72.6. The van der Waals surface area contributed by atoms with Crippen molar-refractivity contribution in [3.63, 3.8) is 0 Å². The van der Waals surface area contributed by atoms with E-state index in [0.717, 1.165) is 115 Å². The van der Waals surface area contributed by atoms with Crippen molar-refractivity contribution in [1.82, 2.24) is 0 Å². The molecule has 0 aromatic rings. The fraction of sp³-hybridized carbons (Fsp3) is 0.886. The predicted octanol–water partition coefficient (Wildman–Crippen LogP) is 15.4. The van der Waals surface area contributed by atoms with E-state index in [0.29, 0.717) is 47.3 Å². The van der Waals surface area contributed by atoms with Gasteiger partial charge >= 0.3 is 53.7 Å². The van der Waals surface area contributed by atoms with Crippen LogP contribution in [-0.4, -0.2) is 72.0 Å². The number of carbonyl (C=O) groups is 9. The van der Waals surface area contributed by atoms with Gasteiger partial charge in [0.05, 0.1) is 60.4 Å². The number of hydrogen-bond acceptors (Lipinski definition) is 15. The minimum Gasteiger partial charge on any atom is -0.469 e. The van der Waals surface area contributed by atoms with E-state index in [2.05, 4.69) is 76.5 Å². The van der Waals surface area contributed by atoms with Crippen molar-refractivity contribution in [2.24, 2.45) is 178 Å². The molecule has 0 spiro atoms. The third kappa shape index (κ3) is 14.5. The van der Waals surface area contributed by atoms with E-state index in [9.17, 15) is 43.2 Å². The molecule has 3 saturated heterocycles. The molecule has 15 heteroatoms. The molecule has 14 bridgehead atoms. The maximum atomic E-state index is 13.1. The Kier molecular flexibility index (Phi) is 22.6. The van der Waals surface area contributed by atoms with Crippen molar-refractivity contribution in [2.75, 3.05) is 7.11 Å². The van der Waals surface area contributed by atoms with Crippen molar-refractivity contribution in [3.8, 4) is 0 Å². The van der Waals surface area contributed by atoms with E-state index >= 15 is 0 Å². The minimum absolute atomic E-state index is 0.0197. The van der Waals surface area contributed by atoms with Gasteiger partial charge in [-0.2, -0.15) is 0 Å². The lowest BCUT2D eigenvalue weighted by atomic mass is 9.50. The van der Waals surface area contributed by atoms with Gasteiger partial charge < -0.3 is 28.4 Å². The standard InChI is InChI=1S/C21H32O2.C17H28O2.C12H20.C11H18O2.3C6H8O3/c1-11-12(2)18-9-15(11)10-19(18)20(22)23-21(3)16-5-13-4-14(7-16)8-17(21)6-13;1-4-17(7-5-6-8-17)19-16(18)15-10-13-9-14(15)12(3)11(13)2;1-2-12-10-4-8-3-9(6-10)7-11(12)5-8;1-6-7(2)9-4-8(6)5-10(9)11(12)13-3;3*1-3-4(2)6(8)9-5(3)7/h11-19H,4-10H2,1-3H3;11-15H,4-10H2,1-3H3;8-12H,2-7H2,1H3;6-10H,4-5H2,1-3H3;3*3-4H,1-2H3. The lowest BCUT2D eigenvalue weighted by molar-refractivity contribution is -0.209. The van der Waals surface area contributed by atoms with Gasteiger partial charge in [0.1, 0.15) is 11.2 Å². The normalized spacial score (nSPS) is 47.2. The van der Waals surface area contributed by atoms with Crippen LogP contribution in [0, 0.1) is 178 Å². The summed E-state index contributed by atoms with van der Waals surface area (Å²) in [5.41, 5.74) is -0.241. The van der Waals surface area contributed by atoms with E-state index < -0.39 is 35.8 Å². The van der Waals surface area contributed by atoms with Crippen molar-refractivity contribution >= 4 is 53.7 Å². The lowest BCUT2D eigenvalue weighted by Crippen LogP contribution is -2.58. The summed E-state index contributed by atoms with van der Waals surface area (Å²) >= 11 is 0. The molecule has 15 aliphatic carbocycles. The number of rotatable bonds is 7. The van der Waals surface area contributed by atoms with Crippen molar-refractivity contribution in [3.05, 3.63) is 0 Å². The smallest absolute Gasteiger partial charge is 0.317 e. The first-order valence-corrected chi connectivity index (χ1v) is 38.2. The van der Waals surface area contributed by atoms with Gasteiger partial charge in [0, 0.05) is 0 Å². The van der Waals surface area contributed by atoms with Gasteiger partial charge in [-0.15, -0.1) is 0 Å². The number of ether oxygens (including phenoxy) is 6. The summed E-state index contributed by atoms with van der Waals surface area (Å²) in [6, 6.07) is 0. The van der Waals surface area contributed by atoms with Crippen molar-refractivity contribution < 1.29 is 71.6 Å². The van der Waals surface area contributed by atoms with E-state index in [1.807, 2.05) is 0 Å². The van der Waals surface area contributed by atoms with Gasteiger partial charge in [0.25, 0.3) is 0 Å². The van der Waals surface area contributed by atoms with E-state index in [1.165, 1.54) is 77.7 Å². The Labute approximate surface area is 563 Å². The average molecular weight is 1310 g/mol. The van der Waals surface area contributed by atoms with Crippen LogP contribution in [0.3, 0.4) is 0 Å². The molecular weight excluding hydrogens is 1190 g/mol. The minimum atomic E-state index is -0.396. The molecule has 0 N–H and O–H groups in total. The molecule has 15 saturated carbocycles. The van der Waals surface area contributed by atoms with Gasteiger partial charge in [-0.3, -0.25) is 43.2 Å². The summed E-state index contributed by atoms with van der Waals surface area (Å²) < 4.78 is 30.2. The van der Waals surface area contributed by atoms with Crippen LogP contribution in [0.15, 0.2) is 0 Å². The summed E-state index contributed by atoms with van der Waals surface area (Å²) in [5.74, 6) is 14.7. The van der Waals surface area contributed by atoms with Crippen LogP contribution < -0.4 is 0 Å². The molecule has 18 fully saturated rings. The molecule has 18 rings (SSSR count). The van der Waals surface area contributed by atoms with Gasteiger partial charge in [0.15, 0.2) is 0 Å². The fourth-order valence-corrected chi connectivity index (χ4v) is 23.0. The van der Waals surface area contributed by atoms with Crippen LogP contribution in [0.5, 0.6) is 0 Å². The second kappa shape index (κ2) is 29.3. The highest BCUT2D eigenvalue weighted by Gasteiger charge is 2.60. The maximum absolute atomic E-state index is 13.1. The predicted molar refractivity (Wildman–Crippen MR) is 354 cm³/mol. The Balaban J connectivity index is 0.000000124. The second-order valence-electron chi connectivity index (χ2n) is 34.7. The zero-order chi connectivity index (χ0) is 68.3. The number of esters is 9. The molecule has 0 radical (unpaired) electrons. The molecule has 3 aliphatic heterocycles. The zero-order valence-corrected chi connectivity index (χ0v) is 60.5. The number of carbonyl (C=O) groups excluding carboxylic acids is 9. The Bertz CT molecular complexity index is 2570. The second-order valence-corrected chi connectivity index (χ2v) is 34.7. The summed E-state index contributed by atoms with van der Waals surface area (Å²) in [7, 11) is 1.50. The van der Waals surface area contributed by atoms with Gasteiger partial charge in [0.2, 0.25) is 0 Å². The molecule has 3 heterocycles. The molecule has 0 aromatic carbocycles. The van der Waals surface area contributed by atoms with Gasteiger partial charge in [-0.25, -0.2) is 0 Å². The molecule has 0 aromatic heterocycles. The van der Waals surface area contributed by atoms with Crippen LogP contribution >= 0.6 is 0 Å². The largest absolute Gasteiger partial charge is 0.469 e. The molecule has 21 unspecified atom stereocenters. The summed E-state index contributed by atoms with van der Waals surface area (Å²) in [5, 5.41) is 0. The summed E-state index contributed by atoms with van der Waals surface area (Å²) in [6.45, 7) is 31.1. The van der Waals surface area contributed by atoms with Crippen molar-refractivity contribution in [2.45, 2.75) is 256 Å². The molecule has 528 valence electrons. The third-order valence-corrected chi connectivity index (χ3v) is 30.3. The number of hydrogen-bond donors (Lipinski definition) is 0. The first-order chi connectivity index (χ1) is 44.4. The number of cyclic esters (lactones) is 6. The molecule has 18 aliphatic rings. The van der Waals surface area contributed by atoms with Crippen LogP contribution in [0.2, 0.25) is 0 Å². The highest BCUT2D eigenvalue weighted by molar-refractivity contribution is 5.97. The SMILES string of the molecule is CC1C(=O)OC(=O)C1C.CC1C(=O)OC(=O)C1C.CC1C(=O)OC(=O)C1C.CC1C2CC(C(=O)OC3(C)C4CC5CC(C4)CC3C5)C(C2)C1C.CCC1(OC(=O)C2CC3CC2C(C)C3C)CCCC1.CCC1C2CC3CC(C2)CC1C3.COC(=O)C1CC2CC1C(C)C2C. The molecule has 15 nitrogen and oxygen atoms in total. The average Bonchev–Trinajstić information content (AvgIpc) is 0.958. The van der Waals surface area contributed by atoms with Crippen LogP contribution in [-0.2, 0) is 71.6 Å². The van der Waals surface area contributed by atoms with Crippen LogP contribution in [0.4, 0.5) is 0 Å². The lowest BCUT2D eigenvalue weighted by Gasteiger charge is -2.59. The summed E-state index contributed by atoms with van der Waals surface area (Å²) in [4.78, 5) is 100. The van der Waals surface area contributed by atoms with Crippen molar-refractivity contribution in [1.29, 1.82) is 0 Å². The topological polar surface area (TPSA) is 209 Å². The monoisotopic (exact) mass is 1310 g/mol. The highest BCUT2D eigenvalue weighted by atomic mass is 16.6. The Morgan fingerprint density at radius 2 is 0.681 bits per heavy atom. The highest BCUT2D eigenvalue weighted by Crippen LogP contribution is 2.62. The Morgan fingerprint density at radius 1 is 0.383 bits per heavy atom. The molecular formula is C79H122O15. The van der Waals surface area contributed by atoms with Gasteiger partial charge in [-0.05, 0) is 266 Å². The quantitative estimate of drug-likeness (QED) is 0.132. The molecule has 21 atom stereocenters. The summed E-state index contributed by atoms with van der Waals surface area (Å²) in [6.07, 6.45) is 28.9. The molecule has 0 amide bonds. The Morgan fingerprint density at radius 3 is 0.936 bits per heavy atom.